The Kier molecular flexibility index (Phi) is 3.48. The van der Waals surface area contributed by atoms with Crippen LogP contribution in [0.15, 0.2) is 29.6 Å². The zero-order chi connectivity index (χ0) is 16.2. The van der Waals surface area contributed by atoms with Gasteiger partial charge in [-0.2, -0.15) is 0 Å². The molecule has 8 heteroatoms. The summed E-state index contributed by atoms with van der Waals surface area (Å²) in [7, 11) is -3.05. The number of anilines is 1. The van der Waals surface area contributed by atoms with Gasteiger partial charge in [0, 0.05) is 28.3 Å². The highest BCUT2D eigenvalue weighted by molar-refractivity contribution is 7.91. The maximum Gasteiger partial charge on any atom is 0.229 e. The summed E-state index contributed by atoms with van der Waals surface area (Å²) in [4.78, 5) is 18.4. The zero-order valence-corrected chi connectivity index (χ0v) is 14.4. The Bertz CT molecular complexity index is 876. The van der Waals surface area contributed by atoms with Gasteiger partial charge in [0.15, 0.2) is 15.0 Å². The molecule has 2 aliphatic rings. The number of halogens is 1. The summed E-state index contributed by atoms with van der Waals surface area (Å²) < 4.78 is 23.6. The summed E-state index contributed by atoms with van der Waals surface area (Å²) >= 11 is 7.25. The molecule has 23 heavy (non-hydrogen) atoms. The molecule has 1 aromatic heterocycles. The van der Waals surface area contributed by atoms with Crippen molar-refractivity contribution in [3.8, 4) is 11.3 Å². The van der Waals surface area contributed by atoms with Crippen molar-refractivity contribution in [1.82, 2.24) is 4.98 Å². The molecule has 0 unspecified atom stereocenters. The lowest BCUT2D eigenvalue weighted by molar-refractivity contribution is -0.117. The van der Waals surface area contributed by atoms with Gasteiger partial charge in [0.05, 0.1) is 23.2 Å². The maximum atomic E-state index is 12.3. The fraction of sp³-hybridized carbons (Fsp3) is 0.333. The van der Waals surface area contributed by atoms with E-state index in [0.717, 1.165) is 11.3 Å². The quantitative estimate of drug-likeness (QED) is 0.817. The highest BCUT2D eigenvalue weighted by Crippen LogP contribution is 2.39. The van der Waals surface area contributed by atoms with E-state index >= 15 is 0 Å². The van der Waals surface area contributed by atoms with Crippen LogP contribution in [-0.4, -0.2) is 36.9 Å². The van der Waals surface area contributed by atoms with E-state index in [1.54, 1.807) is 17.0 Å². The molecule has 0 spiro atoms. The fourth-order valence-electron chi connectivity index (χ4n) is 3.27. The summed E-state index contributed by atoms with van der Waals surface area (Å²) in [5, 5.41) is 3.10. The zero-order valence-electron chi connectivity index (χ0n) is 12.0. The predicted molar refractivity (Wildman–Crippen MR) is 90.6 cm³/mol. The number of rotatable bonds is 2. The maximum absolute atomic E-state index is 12.3. The molecule has 5 nitrogen and oxygen atoms in total. The van der Waals surface area contributed by atoms with Crippen LogP contribution in [0.1, 0.15) is 6.42 Å². The van der Waals surface area contributed by atoms with Crippen LogP contribution in [0.2, 0.25) is 5.02 Å². The molecule has 0 aliphatic carbocycles. The lowest BCUT2D eigenvalue weighted by Crippen LogP contribution is -2.36. The summed E-state index contributed by atoms with van der Waals surface area (Å²) in [5.41, 5.74) is 1.68. The predicted octanol–water partition coefficient (Wildman–Crippen LogP) is 2.61. The largest absolute Gasteiger partial charge is 0.284 e. The normalized spacial score (nSPS) is 25.8. The van der Waals surface area contributed by atoms with Gasteiger partial charge in [-0.1, -0.05) is 23.7 Å². The Labute approximate surface area is 142 Å². The Morgan fingerprint density at radius 3 is 2.70 bits per heavy atom. The third-order valence-corrected chi connectivity index (χ3v) is 7.19. The lowest BCUT2D eigenvalue weighted by atomic mass is 10.1. The first kappa shape index (κ1) is 15.1. The second kappa shape index (κ2) is 5.29. The number of amides is 1. The van der Waals surface area contributed by atoms with Gasteiger partial charge in [-0.15, -0.1) is 11.3 Å². The number of aromatic nitrogens is 1. The molecule has 3 heterocycles. The van der Waals surface area contributed by atoms with Crippen molar-refractivity contribution in [2.45, 2.75) is 12.5 Å². The van der Waals surface area contributed by atoms with Crippen molar-refractivity contribution in [3.05, 3.63) is 34.7 Å². The molecule has 0 N–H and O–H groups in total. The summed E-state index contributed by atoms with van der Waals surface area (Å²) in [6, 6.07) is 7.05. The van der Waals surface area contributed by atoms with E-state index in [1.165, 1.54) is 11.3 Å². The number of carbonyl (C=O) groups is 1. The van der Waals surface area contributed by atoms with Crippen LogP contribution < -0.4 is 4.90 Å². The number of thiazole rings is 1. The van der Waals surface area contributed by atoms with Crippen LogP contribution in [0.3, 0.4) is 0 Å². The summed E-state index contributed by atoms with van der Waals surface area (Å²) in [5.74, 6) is 0.0106. The van der Waals surface area contributed by atoms with Crippen LogP contribution in [-0.2, 0) is 14.6 Å². The van der Waals surface area contributed by atoms with Gasteiger partial charge in [0.1, 0.15) is 0 Å². The average Bonchev–Trinajstić information content (AvgIpc) is 3.12. The van der Waals surface area contributed by atoms with Gasteiger partial charge in [0.25, 0.3) is 0 Å². The van der Waals surface area contributed by atoms with E-state index in [1.807, 2.05) is 17.5 Å². The number of carbonyl (C=O) groups excluding carboxylic acids is 1. The minimum absolute atomic E-state index is 0.0353. The van der Waals surface area contributed by atoms with Crippen molar-refractivity contribution < 1.29 is 13.2 Å². The second-order valence-electron chi connectivity index (χ2n) is 5.89. The van der Waals surface area contributed by atoms with Gasteiger partial charge in [0.2, 0.25) is 5.91 Å². The molecule has 2 atom stereocenters. The SMILES string of the molecule is O=C1C[C@H]2CS(=O)(=O)C[C@H]2N1c1nc(-c2ccc(Cl)cc2)cs1. The molecule has 1 aromatic carbocycles. The topological polar surface area (TPSA) is 67.3 Å². The van der Waals surface area contributed by atoms with Gasteiger partial charge < -0.3 is 0 Å². The van der Waals surface area contributed by atoms with E-state index < -0.39 is 9.84 Å². The smallest absolute Gasteiger partial charge is 0.229 e. The standard InChI is InChI=1S/C15H13ClN2O3S2/c16-11-3-1-9(2-4-11)12-6-22-15(17-12)18-13-8-23(20,21)7-10(13)5-14(18)19/h1-4,6,10,13H,5,7-8H2/t10-,13+/m0/s1. The van der Waals surface area contributed by atoms with E-state index in [0.29, 0.717) is 16.6 Å². The highest BCUT2D eigenvalue weighted by atomic mass is 35.5. The highest BCUT2D eigenvalue weighted by Gasteiger charge is 2.50. The third kappa shape index (κ3) is 2.66. The van der Waals surface area contributed by atoms with E-state index in [-0.39, 0.29) is 29.4 Å². The summed E-state index contributed by atoms with van der Waals surface area (Å²) in [6.07, 6.45) is 0.291. The molecule has 1 amide bonds. The van der Waals surface area contributed by atoms with Crippen molar-refractivity contribution in [2.24, 2.45) is 5.92 Å². The van der Waals surface area contributed by atoms with Gasteiger partial charge in [-0.25, -0.2) is 13.4 Å². The van der Waals surface area contributed by atoms with Crippen LogP contribution in [0.4, 0.5) is 5.13 Å². The fourth-order valence-corrected chi connectivity index (χ4v) is 6.37. The van der Waals surface area contributed by atoms with Gasteiger partial charge in [-0.05, 0) is 12.1 Å². The van der Waals surface area contributed by atoms with Gasteiger partial charge in [-0.3, -0.25) is 9.69 Å². The van der Waals surface area contributed by atoms with Crippen molar-refractivity contribution in [3.63, 3.8) is 0 Å². The van der Waals surface area contributed by atoms with E-state index in [4.69, 9.17) is 11.6 Å². The van der Waals surface area contributed by atoms with Gasteiger partial charge >= 0.3 is 0 Å². The molecule has 2 aromatic rings. The minimum Gasteiger partial charge on any atom is -0.284 e. The molecule has 2 fully saturated rings. The molecular formula is C15H13ClN2O3S2. The minimum atomic E-state index is -3.05. The van der Waals surface area contributed by atoms with Crippen LogP contribution in [0.5, 0.6) is 0 Å². The molecule has 0 radical (unpaired) electrons. The third-order valence-electron chi connectivity index (χ3n) is 4.31. The van der Waals surface area contributed by atoms with Crippen molar-refractivity contribution in [1.29, 1.82) is 0 Å². The molecular weight excluding hydrogens is 356 g/mol. The lowest BCUT2D eigenvalue weighted by Gasteiger charge is -2.19. The average molecular weight is 369 g/mol. The van der Waals surface area contributed by atoms with Crippen molar-refractivity contribution in [2.75, 3.05) is 16.4 Å². The van der Waals surface area contributed by atoms with Crippen LogP contribution >= 0.6 is 22.9 Å². The number of fused-ring (bicyclic) bond motifs is 1. The monoisotopic (exact) mass is 368 g/mol. The Balaban J connectivity index is 1.66. The Hall–Kier alpha value is -1.44. The first-order chi connectivity index (χ1) is 10.9. The van der Waals surface area contributed by atoms with E-state index in [2.05, 4.69) is 4.98 Å². The number of hydrogen-bond acceptors (Lipinski definition) is 5. The molecule has 0 bridgehead atoms. The number of benzene rings is 1. The first-order valence-electron chi connectivity index (χ1n) is 7.17. The second-order valence-corrected chi connectivity index (χ2v) is 9.32. The number of nitrogens with zero attached hydrogens (tertiary/aromatic N) is 2. The molecule has 0 saturated carbocycles. The molecule has 120 valence electrons. The molecule has 4 rings (SSSR count). The van der Waals surface area contributed by atoms with Crippen LogP contribution in [0, 0.1) is 5.92 Å². The number of hydrogen-bond donors (Lipinski definition) is 0. The van der Waals surface area contributed by atoms with Crippen molar-refractivity contribution >= 4 is 43.8 Å². The Morgan fingerprint density at radius 1 is 1.22 bits per heavy atom. The van der Waals surface area contributed by atoms with E-state index in [9.17, 15) is 13.2 Å². The molecule has 2 aliphatic heterocycles. The van der Waals surface area contributed by atoms with Crippen LogP contribution in [0.25, 0.3) is 11.3 Å². The summed E-state index contributed by atoms with van der Waals surface area (Å²) in [6.45, 7) is 0. The Morgan fingerprint density at radius 2 is 1.96 bits per heavy atom. The first-order valence-corrected chi connectivity index (χ1v) is 10.2. The molecule has 2 saturated heterocycles. The number of sulfone groups is 1.